The first-order valence-electron chi connectivity index (χ1n) is 7.87. The molecular weight excluding hydrogens is 334 g/mol. The van der Waals surface area contributed by atoms with Crippen LogP contribution in [0.2, 0.25) is 0 Å². The number of rotatable bonds is 6. The Morgan fingerprint density at radius 2 is 1.96 bits per heavy atom. The number of carbonyl (C=O) groups excluding carboxylic acids is 1. The van der Waals surface area contributed by atoms with E-state index in [2.05, 4.69) is 4.98 Å². The molecule has 2 rings (SSSR count). The highest BCUT2D eigenvalue weighted by atomic mass is 32.2. The minimum absolute atomic E-state index is 0.0152. The monoisotopic (exact) mass is 357 g/mol. The summed E-state index contributed by atoms with van der Waals surface area (Å²) in [5.74, 6) is -0.450. The molecule has 0 atom stereocenters. The van der Waals surface area contributed by atoms with Crippen molar-refractivity contribution in [3.8, 4) is 0 Å². The molecule has 0 spiro atoms. The number of ether oxygens (including phenoxy) is 1. The Morgan fingerprint density at radius 3 is 2.54 bits per heavy atom. The Hall–Kier alpha value is -1.71. The Kier molecular flexibility index (Phi) is 6.14. The first kappa shape index (κ1) is 18.6. The van der Waals surface area contributed by atoms with Crippen molar-refractivity contribution in [3.63, 3.8) is 0 Å². The lowest BCUT2D eigenvalue weighted by Crippen LogP contribution is -2.51. The fourth-order valence-corrected chi connectivity index (χ4v) is 3.73. The smallest absolute Gasteiger partial charge is 0.260 e. The highest BCUT2D eigenvalue weighted by Crippen LogP contribution is 2.10. The molecule has 1 fully saturated rings. The van der Waals surface area contributed by atoms with Crippen LogP contribution in [0.15, 0.2) is 23.1 Å². The van der Waals surface area contributed by atoms with E-state index in [1.54, 1.807) is 6.07 Å². The molecule has 0 aliphatic carbocycles. The van der Waals surface area contributed by atoms with E-state index in [0.717, 1.165) is 0 Å². The zero-order valence-corrected chi connectivity index (χ0v) is 14.7. The molecule has 9 heteroatoms. The molecule has 0 saturated carbocycles. The van der Waals surface area contributed by atoms with Gasteiger partial charge in [-0.25, -0.2) is 8.42 Å². The predicted molar refractivity (Wildman–Crippen MR) is 89.4 cm³/mol. The number of nitrogens with zero attached hydrogens (tertiary/aromatic N) is 2. The summed E-state index contributed by atoms with van der Waals surface area (Å²) >= 11 is 0. The summed E-state index contributed by atoms with van der Waals surface area (Å²) in [4.78, 5) is 28.0. The second kappa shape index (κ2) is 7.91. The second-order valence-corrected chi connectivity index (χ2v) is 7.93. The number of piperazine rings is 1. The van der Waals surface area contributed by atoms with E-state index in [1.807, 2.05) is 13.8 Å². The van der Waals surface area contributed by atoms with Crippen LogP contribution >= 0.6 is 0 Å². The maximum atomic E-state index is 12.3. The van der Waals surface area contributed by atoms with Crippen molar-refractivity contribution >= 4 is 15.9 Å². The number of hydrogen-bond donors (Lipinski definition) is 1. The van der Waals surface area contributed by atoms with Gasteiger partial charge in [-0.2, -0.15) is 4.31 Å². The molecule has 24 heavy (non-hydrogen) atoms. The lowest BCUT2D eigenvalue weighted by atomic mass is 10.2. The van der Waals surface area contributed by atoms with E-state index in [1.165, 1.54) is 21.5 Å². The number of carbonyl (C=O) groups is 1. The number of aromatic nitrogens is 1. The maximum Gasteiger partial charge on any atom is 0.260 e. The van der Waals surface area contributed by atoms with Gasteiger partial charge in [0.25, 0.3) is 11.5 Å². The molecule has 1 aliphatic rings. The molecule has 1 aliphatic heterocycles. The van der Waals surface area contributed by atoms with E-state index in [4.69, 9.17) is 4.74 Å². The Bertz CT molecular complexity index is 721. The predicted octanol–water partition coefficient (Wildman–Crippen LogP) is -0.112. The molecule has 1 saturated heterocycles. The fourth-order valence-electron chi connectivity index (χ4n) is 2.45. The van der Waals surface area contributed by atoms with Crippen molar-refractivity contribution < 1.29 is 17.9 Å². The van der Waals surface area contributed by atoms with Crippen molar-refractivity contribution in [1.29, 1.82) is 0 Å². The molecule has 0 radical (unpaired) electrons. The average molecular weight is 357 g/mol. The van der Waals surface area contributed by atoms with Crippen LogP contribution in [0.3, 0.4) is 0 Å². The van der Waals surface area contributed by atoms with Gasteiger partial charge in [0.1, 0.15) is 5.56 Å². The van der Waals surface area contributed by atoms with Gasteiger partial charge in [-0.3, -0.25) is 9.59 Å². The third-order valence-corrected chi connectivity index (χ3v) is 5.59. The summed E-state index contributed by atoms with van der Waals surface area (Å²) in [5.41, 5.74) is -0.373. The van der Waals surface area contributed by atoms with Gasteiger partial charge in [-0.05, 0) is 26.0 Å². The van der Waals surface area contributed by atoms with Crippen LogP contribution in [0.1, 0.15) is 24.2 Å². The molecule has 2 heterocycles. The second-order valence-electron chi connectivity index (χ2n) is 5.84. The normalized spacial score (nSPS) is 16.5. The zero-order valence-electron chi connectivity index (χ0n) is 13.9. The minimum Gasteiger partial charge on any atom is -0.378 e. The van der Waals surface area contributed by atoms with Gasteiger partial charge in [-0.15, -0.1) is 0 Å². The molecule has 0 bridgehead atoms. The van der Waals surface area contributed by atoms with Gasteiger partial charge < -0.3 is 14.6 Å². The summed E-state index contributed by atoms with van der Waals surface area (Å²) in [6.07, 6.45) is 1.45. The van der Waals surface area contributed by atoms with Gasteiger partial charge >= 0.3 is 0 Å². The van der Waals surface area contributed by atoms with Gasteiger partial charge in [0, 0.05) is 32.4 Å². The lowest BCUT2D eigenvalue weighted by Gasteiger charge is -2.33. The Morgan fingerprint density at radius 1 is 1.29 bits per heavy atom. The number of aromatic amines is 1. The zero-order chi connectivity index (χ0) is 17.7. The van der Waals surface area contributed by atoms with Gasteiger partial charge in [-0.1, -0.05) is 0 Å². The number of sulfonamides is 1. The molecule has 134 valence electrons. The van der Waals surface area contributed by atoms with Gasteiger partial charge in [0.15, 0.2) is 0 Å². The van der Waals surface area contributed by atoms with E-state index in [0.29, 0.717) is 0 Å². The van der Waals surface area contributed by atoms with Crippen LogP contribution < -0.4 is 5.56 Å². The van der Waals surface area contributed by atoms with E-state index in [-0.39, 0.29) is 56.1 Å². The molecular formula is C15H23N3O5S. The third-order valence-electron chi connectivity index (χ3n) is 3.76. The molecule has 1 amide bonds. The van der Waals surface area contributed by atoms with E-state index < -0.39 is 15.6 Å². The van der Waals surface area contributed by atoms with Gasteiger partial charge in [0.2, 0.25) is 10.0 Å². The van der Waals surface area contributed by atoms with Crippen LogP contribution in [0.4, 0.5) is 0 Å². The summed E-state index contributed by atoms with van der Waals surface area (Å²) in [6.45, 7) is 4.82. The van der Waals surface area contributed by atoms with Crippen LogP contribution in [0.5, 0.6) is 0 Å². The molecule has 8 nitrogen and oxygen atoms in total. The largest absolute Gasteiger partial charge is 0.378 e. The van der Waals surface area contributed by atoms with Crippen molar-refractivity contribution in [3.05, 3.63) is 34.2 Å². The van der Waals surface area contributed by atoms with Crippen molar-refractivity contribution in [2.24, 2.45) is 0 Å². The first-order valence-corrected chi connectivity index (χ1v) is 9.48. The van der Waals surface area contributed by atoms with E-state index >= 15 is 0 Å². The summed E-state index contributed by atoms with van der Waals surface area (Å²) in [5, 5.41) is 0. The van der Waals surface area contributed by atoms with Crippen molar-refractivity contribution in [1.82, 2.24) is 14.2 Å². The quantitative estimate of drug-likeness (QED) is 0.766. The lowest BCUT2D eigenvalue weighted by molar-refractivity contribution is 0.0692. The highest BCUT2D eigenvalue weighted by Gasteiger charge is 2.29. The number of H-pyrrole nitrogens is 1. The first-order chi connectivity index (χ1) is 11.3. The SMILES string of the molecule is CC(C)OCCS(=O)(=O)N1CCN(C(=O)c2ccc[nH]c2=O)CC1. The third kappa shape index (κ3) is 4.65. The topological polar surface area (TPSA) is 99.8 Å². The summed E-state index contributed by atoms with van der Waals surface area (Å²) in [6, 6.07) is 3.05. The maximum absolute atomic E-state index is 12.3. The number of pyridine rings is 1. The Labute approximate surface area is 141 Å². The molecule has 1 N–H and O–H groups in total. The van der Waals surface area contributed by atoms with Crippen LogP contribution in [-0.4, -0.2) is 73.2 Å². The van der Waals surface area contributed by atoms with Crippen molar-refractivity contribution in [2.45, 2.75) is 20.0 Å². The minimum atomic E-state index is -3.40. The van der Waals surface area contributed by atoms with Crippen LogP contribution in [0, 0.1) is 0 Å². The highest BCUT2D eigenvalue weighted by molar-refractivity contribution is 7.89. The number of amides is 1. The van der Waals surface area contributed by atoms with Crippen LogP contribution in [-0.2, 0) is 14.8 Å². The standard InChI is InChI=1S/C15H23N3O5S/c1-12(2)23-10-11-24(21,22)18-8-6-17(7-9-18)15(20)13-4-3-5-16-14(13)19/h3-5,12H,6-11H2,1-2H3,(H,16,19). The van der Waals surface area contributed by atoms with Gasteiger partial charge in [0.05, 0.1) is 18.5 Å². The Balaban J connectivity index is 1.92. The van der Waals surface area contributed by atoms with Crippen LogP contribution in [0.25, 0.3) is 0 Å². The molecule has 1 aromatic rings. The molecule has 0 aromatic carbocycles. The summed E-state index contributed by atoms with van der Waals surface area (Å²) < 4.78 is 31.2. The average Bonchev–Trinajstić information content (AvgIpc) is 2.54. The fraction of sp³-hybridized carbons (Fsp3) is 0.600. The van der Waals surface area contributed by atoms with Crippen molar-refractivity contribution in [2.75, 3.05) is 38.5 Å². The van der Waals surface area contributed by atoms with E-state index in [9.17, 15) is 18.0 Å². The number of hydrogen-bond acceptors (Lipinski definition) is 5. The molecule has 0 unspecified atom stereocenters. The number of nitrogens with one attached hydrogen (secondary N) is 1. The molecule has 1 aromatic heterocycles. The summed E-state index contributed by atoms with van der Waals surface area (Å²) in [7, 11) is -3.40.